The van der Waals surface area contributed by atoms with Gasteiger partial charge in [-0.2, -0.15) is 0 Å². The third-order valence-electron chi connectivity index (χ3n) is 4.01. The molecule has 0 radical (unpaired) electrons. The maximum atomic E-state index is 12.1. The van der Waals surface area contributed by atoms with Crippen LogP contribution in [0.3, 0.4) is 0 Å². The Balaban J connectivity index is 1.63. The molecule has 1 heterocycles. The van der Waals surface area contributed by atoms with Crippen molar-refractivity contribution in [1.82, 2.24) is 0 Å². The molecule has 2 aromatic rings. The fourth-order valence-corrected chi connectivity index (χ4v) is 2.57. The fraction of sp³-hybridized carbons (Fsp3) is 0.286. The Morgan fingerprint density at radius 2 is 1.68 bits per heavy atom. The monoisotopic (exact) mass is 337 g/mol. The number of benzene rings is 2. The molecule has 0 bridgehead atoms. The van der Waals surface area contributed by atoms with Gasteiger partial charge in [0.2, 0.25) is 5.91 Å². The van der Waals surface area contributed by atoms with Crippen molar-refractivity contribution in [2.24, 2.45) is 0 Å². The van der Waals surface area contributed by atoms with Crippen molar-refractivity contribution >= 4 is 17.7 Å². The summed E-state index contributed by atoms with van der Waals surface area (Å²) in [4.78, 5) is 12.1. The third kappa shape index (κ3) is 4.41. The van der Waals surface area contributed by atoms with E-state index in [1.54, 1.807) is 6.08 Å². The van der Waals surface area contributed by atoms with Crippen LogP contribution in [0.4, 0.5) is 5.69 Å². The Hall–Kier alpha value is -2.75. The molecular weight excluding hydrogens is 314 g/mol. The van der Waals surface area contributed by atoms with Crippen LogP contribution in [-0.2, 0) is 10.2 Å². The highest BCUT2D eigenvalue weighted by Gasteiger charge is 2.13. The topological polar surface area (TPSA) is 47.6 Å². The van der Waals surface area contributed by atoms with Crippen molar-refractivity contribution in [2.75, 3.05) is 18.5 Å². The van der Waals surface area contributed by atoms with Gasteiger partial charge >= 0.3 is 0 Å². The average Bonchev–Trinajstić information content (AvgIpc) is 2.59. The van der Waals surface area contributed by atoms with E-state index in [-0.39, 0.29) is 11.3 Å². The first-order chi connectivity index (χ1) is 11.9. The van der Waals surface area contributed by atoms with E-state index in [1.165, 1.54) is 11.6 Å². The van der Waals surface area contributed by atoms with Gasteiger partial charge in [0.1, 0.15) is 13.2 Å². The van der Waals surface area contributed by atoms with E-state index in [2.05, 4.69) is 26.1 Å². The summed E-state index contributed by atoms with van der Waals surface area (Å²) in [5.74, 6) is 1.29. The molecule has 3 rings (SSSR count). The molecule has 25 heavy (non-hydrogen) atoms. The number of rotatable bonds is 3. The van der Waals surface area contributed by atoms with Crippen molar-refractivity contribution < 1.29 is 14.3 Å². The molecule has 4 heteroatoms. The minimum Gasteiger partial charge on any atom is -0.486 e. The number of carbonyl (C=O) groups is 1. The Kier molecular flexibility index (Phi) is 4.79. The van der Waals surface area contributed by atoms with Gasteiger partial charge in [-0.3, -0.25) is 4.79 Å². The Morgan fingerprint density at radius 3 is 2.36 bits per heavy atom. The highest BCUT2D eigenvalue weighted by Crippen LogP contribution is 2.31. The zero-order valence-electron chi connectivity index (χ0n) is 14.8. The molecule has 4 nitrogen and oxygen atoms in total. The van der Waals surface area contributed by atoms with Crippen molar-refractivity contribution in [3.8, 4) is 11.5 Å². The highest BCUT2D eigenvalue weighted by molar-refractivity contribution is 6.01. The van der Waals surface area contributed by atoms with Gasteiger partial charge in [-0.05, 0) is 46.9 Å². The molecule has 0 unspecified atom stereocenters. The summed E-state index contributed by atoms with van der Waals surface area (Å²) in [6, 6.07) is 13.6. The van der Waals surface area contributed by atoms with Crippen LogP contribution in [0.15, 0.2) is 48.5 Å². The highest BCUT2D eigenvalue weighted by atomic mass is 16.6. The molecule has 1 N–H and O–H groups in total. The summed E-state index contributed by atoms with van der Waals surface area (Å²) in [5, 5.41) is 2.87. The van der Waals surface area contributed by atoms with Crippen LogP contribution in [0.5, 0.6) is 11.5 Å². The lowest BCUT2D eigenvalue weighted by Crippen LogP contribution is -2.15. The maximum Gasteiger partial charge on any atom is 0.248 e. The molecule has 1 aliphatic rings. The molecule has 0 saturated carbocycles. The molecule has 1 aliphatic heterocycles. The van der Waals surface area contributed by atoms with Crippen molar-refractivity contribution in [3.63, 3.8) is 0 Å². The standard InChI is InChI=1S/C21H23NO3/c1-21(2,3)16-6-8-17(9-7-16)22-20(23)11-5-15-4-10-18-19(14-15)25-13-12-24-18/h4-11,14H,12-13H2,1-3H3,(H,22,23)/b11-5+. The fourth-order valence-electron chi connectivity index (χ4n) is 2.57. The number of ether oxygens (including phenoxy) is 2. The summed E-state index contributed by atoms with van der Waals surface area (Å²) < 4.78 is 11.0. The van der Waals surface area contributed by atoms with Gasteiger partial charge in [0.05, 0.1) is 0 Å². The minimum absolute atomic E-state index is 0.0979. The maximum absolute atomic E-state index is 12.1. The summed E-state index contributed by atoms with van der Waals surface area (Å²) in [5.41, 5.74) is 3.00. The number of hydrogen-bond acceptors (Lipinski definition) is 3. The quantitative estimate of drug-likeness (QED) is 0.844. The first-order valence-corrected chi connectivity index (χ1v) is 8.41. The average molecular weight is 337 g/mol. The van der Waals surface area contributed by atoms with Gasteiger partial charge in [0.15, 0.2) is 11.5 Å². The number of carbonyl (C=O) groups excluding carboxylic acids is 1. The van der Waals surface area contributed by atoms with E-state index in [0.717, 1.165) is 17.0 Å². The normalized spacial score (nSPS) is 13.7. The first-order valence-electron chi connectivity index (χ1n) is 8.41. The second-order valence-electron chi connectivity index (χ2n) is 7.05. The molecule has 0 fully saturated rings. The van der Waals surface area contributed by atoms with E-state index in [9.17, 15) is 4.79 Å². The molecule has 0 saturated heterocycles. The molecule has 2 aromatic carbocycles. The van der Waals surface area contributed by atoms with Crippen LogP contribution in [0.2, 0.25) is 0 Å². The lowest BCUT2D eigenvalue weighted by Gasteiger charge is -2.19. The van der Waals surface area contributed by atoms with Gasteiger partial charge in [0.25, 0.3) is 0 Å². The smallest absolute Gasteiger partial charge is 0.248 e. The molecule has 0 atom stereocenters. The van der Waals surface area contributed by atoms with Crippen LogP contribution in [0.25, 0.3) is 6.08 Å². The zero-order chi connectivity index (χ0) is 17.9. The number of hydrogen-bond donors (Lipinski definition) is 1. The minimum atomic E-state index is -0.168. The number of nitrogens with one attached hydrogen (secondary N) is 1. The SMILES string of the molecule is CC(C)(C)c1ccc(NC(=O)/C=C/c2ccc3c(c2)OCCO3)cc1. The Labute approximate surface area is 148 Å². The largest absolute Gasteiger partial charge is 0.486 e. The van der Waals surface area contributed by atoms with Gasteiger partial charge in [-0.25, -0.2) is 0 Å². The number of anilines is 1. The molecule has 0 spiro atoms. The lowest BCUT2D eigenvalue weighted by molar-refractivity contribution is -0.111. The first kappa shape index (κ1) is 17.1. The predicted molar refractivity (Wildman–Crippen MR) is 100 cm³/mol. The zero-order valence-corrected chi connectivity index (χ0v) is 14.8. The van der Waals surface area contributed by atoms with Crippen molar-refractivity contribution in [2.45, 2.75) is 26.2 Å². The molecule has 130 valence electrons. The van der Waals surface area contributed by atoms with E-state index in [0.29, 0.717) is 19.0 Å². The van der Waals surface area contributed by atoms with E-state index >= 15 is 0 Å². The van der Waals surface area contributed by atoms with Gasteiger partial charge in [0, 0.05) is 11.8 Å². The molecular formula is C21H23NO3. The summed E-state index contributed by atoms with van der Waals surface area (Å²) in [7, 11) is 0. The van der Waals surface area contributed by atoms with Crippen LogP contribution in [-0.4, -0.2) is 19.1 Å². The van der Waals surface area contributed by atoms with Crippen LogP contribution >= 0.6 is 0 Å². The third-order valence-corrected chi connectivity index (χ3v) is 4.01. The predicted octanol–water partition coefficient (Wildman–Crippen LogP) is 4.41. The molecule has 1 amide bonds. The molecule has 0 aliphatic carbocycles. The summed E-state index contributed by atoms with van der Waals surface area (Å²) in [6.07, 6.45) is 3.28. The van der Waals surface area contributed by atoms with E-state index < -0.39 is 0 Å². The van der Waals surface area contributed by atoms with Gasteiger partial charge in [-0.15, -0.1) is 0 Å². The summed E-state index contributed by atoms with van der Waals surface area (Å²) >= 11 is 0. The Morgan fingerprint density at radius 1 is 1.00 bits per heavy atom. The van der Waals surface area contributed by atoms with Crippen LogP contribution in [0, 0.1) is 0 Å². The second-order valence-corrected chi connectivity index (χ2v) is 7.05. The molecule has 0 aromatic heterocycles. The van der Waals surface area contributed by atoms with E-state index in [4.69, 9.17) is 9.47 Å². The number of fused-ring (bicyclic) bond motifs is 1. The summed E-state index contributed by atoms with van der Waals surface area (Å²) in [6.45, 7) is 7.60. The van der Waals surface area contributed by atoms with Crippen LogP contribution < -0.4 is 14.8 Å². The van der Waals surface area contributed by atoms with Crippen molar-refractivity contribution in [1.29, 1.82) is 0 Å². The van der Waals surface area contributed by atoms with Crippen molar-refractivity contribution in [3.05, 3.63) is 59.7 Å². The van der Waals surface area contributed by atoms with Crippen LogP contribution in [0.1, 0.15) is 31.9 Å². The van der Waals surface area contributed by atoms with Gasteiger partial charge in [-0.1, -0.05) is 39.0 Å². The lowest BCUT2D eigenvalue weighted by atomic mass is 9.87. The number of amides is 1. The second kappa shape index (κ2) is 7.01. The van der Waals surface area contributed by atoms with Gasteiger partial charge < -0.3 is 14.8 Å². The Bertz CT molecular complexity index is 786. The van der Waals surface area contributed by atoms with E-state index in [1.807, 2.05) is 42.5 Å².